The van der Waals surface area contributed by atoms with Crippen molar-refractivity contribution >= 4 is 35.7 Å². The summed E-state index contributed by atoms with van der Waals surface area (Å²) in [6.07, 6.45) is -0.929. The van der Waals surface area contributed by atoms with Crippen molar-refractivity contribution in [3.8, 4) is 0 Å². The molecule has 0 atom stereocenters. The van der Waals surface area contributed by atoms with Crippen molar-refractivity contribution in [3.63, 3.8) is 0 Å². The molecule has 0 aromatic rings. The molecular formula is C27H47N3O16. The van der Waals surface area contributed by atoms with E-state index in [9.17, 15) is 28.8 Å². The van der Waals surface area contributed by atoms with Gasteiger partial charge in [-0.05, 0) is 0 Å². The molecule has 19 heteroatoms. The molecule has 0 unspecified atom stereocenters. The number of carbonyl (C=O) groups excluding carboxylic acids is 2. The van der Waals surface area contributed by atoms with Crippen molar-refractivity contribution < 1.29 is 77.6 Å². The standard InChI is InChI=1S/C27H47N3O16/c28-19(13-41-7-1-22(31)29-20(15-43-9-3-24(33)34)16-44-10-4-25(35)36)14-42-8-2-23(32)30-21(17-45-11-5-26(37)38)18-46-12-6-27(39)40/h19-21H,1-18,28H2,(H,29,31)(H,30,32)(H,33,34)(H,35,36)(H,37,38)(H,39,40). The number of aliphatic carboxylic acids is 4. The zero-order chi connectivity index (χ0) is 34.6. The first-order valence-corrected chi connectivity index (χ1v) is 14.6. The van der Waals surface area contributed by atoms with Gasteiger partial charge in [0.05, 0.1) is 123 Å². The van der Waals surface area contributed by atoms with Gasteiger partial charge in [0.25, 0.3) is 0 Å². The monoisotopic (exact) mass is 669 g/mol. The molecule has 0 spiro atoms. The highest BCUT2D eigenvalue weighted by atomic mass is 16.5. The molecular weight excluding hydrogens is 622 g/mol. The number of ether oxygens (including phenoxy) is 6. The second-order valence-electron chi connectivity index (χ2n) is 9.81. The summed E-state index contributed by atoms with van der Waals surface area (Å²) in [7, 11) is 0. The van der Waals surface area contributed by atoms with Crippen molar-refractivity contribution in [3.05, 3.63) is 0 Å². The van der Waals surface area contributed by atoms with E-state index in [-0.39, 0.29) is 118 Å². The minimum Gasteiger partial charge on any atom is -0.481 e. The van der Waals surface area contributed by atoms with Crippen LogP contribution in [0.4, 0.5) is 0 Å². The number of carboxylic acids is 4. The van der Waals surface area contributed by atoms with Crippen LogP contribution in [0.15, 0.2) is 0 Å². The summed E-state index contributed by atoms with van der Waals surface area (Å²) >= 11 is 0. The van der Waals surface area contributed by atoms with Gasteiger partial charge in [-0.2, -0.15) is 0 Å². The molecule has 0 heterocycles. The van der Waals surface area contributed by atoms with E-state index in [1.54, 1.807) is 0 Å². The van der Waals surface area contributed by atoms with E-state index < -0.39 is 53.8 Å². The first-order valence-electron chi connectivity index (χ1n) is 14.6. The molecule has 0 aromatic heterocycles. The largest absolute Gasteiger partial charge is 0.481 e. The van der Waals surface area contributed by atoms with Gasteiger partial charge < -0.3 is 65.2 Å². The van der Waals surface area contributed by atoms with E-state index in [0.717, 1.165) is 0 Å². The van der Waals surface area contributed by atoms with Crippen LogP contribution in [0.1, 0.15) is 38.5 Å². The molecule has 2 amide bonds. The summed E-state index contributed by atoms with van der Waals surface area (Å²) in [4.78, 5) is 67.1. The Morgan fingerprint density at radius 2 is 0.674 bits per heavy atom. The van der Waals surface area contributed by atoms with Gasteiger partial charge in [0, 0.05) is 12.8 Å². The molecule has 46 heavy (non-hydrogen) atoms. The minimum absolute atomic E-state index is 0.0266. The first-order chi connectivity index (χ1) is 21.9. The summed E-state index contributed by atoms with van der Waals surface area (Å²) < 4.78 is 31.8. The van der Waals surface area contributed by atoms with Gasteiger partial charge in [-0.15, -0.1) is 0 Å². The molecule has 0 aliphatic rings. The molecule has 0 aliphatic carbocycles. The molecule has 0 rings (SSSR count). The maximum absolute atomic E-state index is 12.3. The Kier molecular flexibility index (Phi) is 25.7. The number of nitrogens with one attached hydrogen (secondary N) is 2. The highest BCUT2D eigenvalue weighted by molar-refractivity contribution is 5.76. The maximum Gasteiger partial charge on any atom is 0.305 e. The smallest absolute Gasteiger partial charge is 0.305 e. The number of amides is 2. The molecule has 0 radical (unpaired) electrons. The molecule has 0 bridgehead atoms. The minimum atomic E-state index is -1.04. The highest BCUT2D eigenvalue weighted by Gasteiger charge is 2.16. The molecule has 0 aliphatic heterocycles. The number of carboxylic acid groups (broad SMARTS) is 4. The van der Waals surface area contributed by atoms with Crippen molar-refractivity contribution in [2.24, 2.45) is 5.73 Å². The Labute approximate surface area is 265 Å². The van der Waals surface area contributed by atoms with Crippen molar-refractivity contribution in [2.45, 2.75) is 56.7 Å². The summed E-state index contributed by atoms with van der Waals surface area (Å²) in [5.41, 5.74) is 5.94. The Morgan fingerprint density at radius 1 is 0.435 bits per heavy atom. The Hall–Kier alpha value is -3.46. The fraction of sp³-hybridized carbons (Fsp3) is 0.778. The topological polar surface area (TPSA) is 289 Å². The van der Waals surface area contributed by atoms with Gasteiger partial charge in [-0.3, -0.25) is 28.8 Å². The fourth-order valence-electron chi connectivity index (χ4n) is 3.25. The average molecular weight is 670 g/mol. The number of hydrogen-bond donors (Lipinski definition) is 7. The zero-order valence-electron chi connectivity index (χ0n) is 25.7. The lowest BCUT2D eigenvalue weighted by Crippen LogP contribution is -2.42. The van der Waals surface area contributed by atoms with E-state index in [4.69, 9.17) is 54.6 Å². The third-order valence-corrected chi connectivity index (χ3v) is 5.46. The Bertz CT molecular complexity index is 792. The average Bonchev–Trinajstić information content (AvgIpc) is 2.97. The molecule has 0 saturated heterocycles. The number of rotatable bonds is 32. The van der Waals surface area contributed by atoms with E-state index >= 15 is 0 Å². The van der Waals surface area contributed by atoms with E-state index in [1.807, 2.05) is 0 Å². The SMILES string of the molecule is NC(COCCC(=O)NC(COCCC(=O)O)COCCC(=O)O)COCCC(=O)NC(COCCC(=O)O)COCCC(=O)O. The predicted molar refractivity (Wildman–Crippen MR) is 155 cm³/mol. The zero-order valence-corrected chi connectivity index (χ0v) is 25.7. The fourth-order valence-corrected chi connectivity index (χ4v) is 3.25. The molecule has 19 nitrogen and oxygen atoms in total. The van der Waals surface area contributed by atoms with Crippen LogP contribution < -0.4 is 16.4 Å². The number of carbonyl (C=O) groups is 6. The van der Waals surface area contributed by atoms with Crippen LogP contribution in [0.25, 0.3) is 0 Å². The molecule has 8 N–H and O–H groups in total. The summed E-state index contributed by atoms with van der Waals surface area (Å²) in [6, 6.07) is -1.82. The van der Waals surface area contributed by atoms with Crippen LogP contribution in [0, 0.1) is 0 Å². The third kappa shape index (κ3) is 29.3. The van der Waals surface area contributed by atoms with Gasteiger partial charge in [-0.25, -0.2) is 0 Å². The van der Waals surface area contributed by atoms with Crippen LogP contribution in [0.2, 0.25) is 0 Å². The van der Waals surface area contributed by atoms with Crippen LogP contribution in [-0.4, -0.2) is 154 Å². The Balaban J connectivity index is 4.29. The predicted octanol–water partition coefficient (Wildman–Crippen LogP) is -1.94. The first kappa shape index (κ1) is 42.5. The van der Waals surface area contributed by atoms with Crippen molar-refractivity contribution in [2.75, 3.05) is 79.3 Å². The van der Waals surface area contributed by atoms with Crippen LogP contribution in [0.3, 0.4) is 0 Å². The second-order valence-corrected chi connectivity index (χ2v) is 9.81. The van der Waals surface area contributed by atoms with Gasteiger partial charge in [0.2, 0.25) is 11.8 Å². The molecule has 0 aromatic carbocycles. The molecule has 266 valence electrons. The van der Waals surface area contributed by atoms with Gasteiger partial charge >= 0.3 is 23.9 Å². The second kappa shape index (κ2) is 27.8. The summed E-state index contributed by atoms with van der Waals surface area (Å²) in [5, 5.41) is 40.1. The number of hydrogen-bond acceptors (Lipinski definition) is 13. The van der Waals surface area contributed by atoms with Gasteiger partial charge in [0.15, 0.2) is 0 Å². The lowest BCUT2D eigenvalue weighted by atomic mass is 10.3. The lowest BCUT2D eigenvalue weighted by molar-refractivity contribution is -0.139. The van der Waals surface area contributed by atoms with Crippen LogP contribution in [-0.2, 0) is 57.2 Å². The van der Waals surface area contributed by atoms with E-state index in [1.165, 1.54) is 0 Å². The van der Waals surface area contributed by atoms with Crippen LogP contribution >= 0.6 is 0 Å². The normalized spacial score (nSPS) is 11.2. The lowest BCUT2D eigenvalue weighted by Gasteiger charge is -2.19. The quantitative estimate of drug-likeness (QED) is 0.0383. The van der Waals surface area contributed by atoms with Crippen LogP contribution in [0.5, 0.6) is 0 Å². The van der Waals surface area contributed by atoms with E-state index in [2.05, 4.69) is 10.6 Å². The van der Waals surface area contributed by atoms with Crippen molar-refractivity contribution in [1.82, 2.24) is 10.6 Å². The van der Waals surface area contributed by atoms with Crippen molar-refractivity contribution in [1.29, 1.82) is 0 Å². The molecule has 0 fully saturated rings. The van der Waals surface area contributed by atoms with Gasteiger partial charge in [-0.1, -0.05) is 0 Å². The third-order valence-electron chi connectivity index (χ3n) is 5.46. The summed E-state index contributed by atoms with van der Waals surface area (Å²) in [6.45, 7) is -0.233. The summed E-state index contributed by atoms with van der Waals surface area (Å²) in [5.74, 6) is -4.95. The Morgan fingerprint density at radius 3 is 0.935 bits per heavy atom. The number of nitrogens with two attached hydrogens (primary N) is 1. The van der Waals surface area contributed by atoms with E-state index in [0.29, 0.717) is 0 Å². The highest BCUT2D eigenvalue weighted by Crippen LogP contribution is 1.97. The van der Waals surface area contributed by atoms with Gasteiger partial charge in [0.1, 0.15) is 0 Å². The maximum atomic E-state index is 12.3. The molecule has 0 saturated carbocycles.